The van der Waals surface area contributed by atoms with Crippen LogP contribution in [0, 0.1) is 12.3 Å². The zero-order valence-electron chi connectivity index (χ0n) is 8.55. The van der Waals surface area contributed by atoms with Crippen LogP contribution in [-0.2, 0) is 6.54 Å². The maximum atomic E-state index is 5.70. The fourth-order valence-corrected chi connectivity index (χ4v) is 2.29. The Hall–Kier alpha value is -0.450. The van der Waals surface area contributed by atoms with Crippen molar-refractivity contribution in [1.29, 1.82) is 0 Å². The van der Waals surface area contributed by atoms with Crippen molar-refractivity contribution >= 4 is 11.3 Å². The first-order valence-electron chi connectivity index (χ1n) is 5.06. The van der Waals surface area contributed by atoms with Crippen LogP contribution in [0.1, 0.15) is 23.5 Å². The van der Waals surface area contributed by atoms with Gasteiger partial charge in [-0.1, -0.05) is 0 Å². The molecule has 0 saturated heterocycles. The van der Waals surface area contributed by atoms with Crippen molar-refractivity contribution in [3.63, 3.8) is 0 Å². The zero-order chi connectivity index (χ0) is 10.0. The van der Waals surface area contributed by atoms with Gasteiger partial charge in [0.2, 0.25) is 0 Å². The maximum Gasteiger partial charge on any atom is 0.107 e. The van der Waals surface area contributed by atoms with Crippen LogP contribution in [0.2, 0.25) is 0 Å². The Morgan fingerprint density at radius 2 is 2.43 bits per heavy atom. The summed E-state index contributed by atoms with van der Waals surface area (Å²) in [5.74, 6) is 0. The Morgan fingerprint density at radius 1 is 1.64 bits per heavy atom. The average molecular weight is 211 g/mol. The zero-order valence-corrected chi connectivity index (χ0v) is 9.36. The van der Waals surface area contributed by atoms with Crippen molar-refractivity contribution < 1.29 is 0 Å². The van der Waals surface area contributed by atoms with Gasteiger partial charge in [-0.2, -0.15) is 0 Å². The molecule has 2 rings (SSSR count). The summed E-state index contributed by atoms with van der Waals surface area (Å²) >= 11 is 1.72. The predicted octanol–water partition coefficient (Wildman–Crippen LogP) is 1.28. The van der Waals surface area contributed by atoms with E-state index in [0.717, 1.165) is 25.3 Å². The highest BCUT2D eigenvalue weighted by molar-refractivity contribution is 7.09. The fourth-order valence-electron chi connectivity index (χ4n) is 1.55. The van der Waals surface area contributed by atoms with Gasteiger partial charge in [0.15, 0.2) is 0 Å². The number of nitrogens with one attached hydrogen (secondary N) is 1. The van der Waals surface area contributed by atoms with E-state index in [1.165, 1.54) is 17.8 Å². The van der Waals surface area contributed by atoms with Crippen LogP contribution in [0.15, 0.2) is 5.38 Å². The molecule has 78 valence electrons. The third-order valence-electron chi connectivity index (χ3n) is 2.83. The lowest BCUT2D eigenvalue weighted by Gasteiger charge is -2.11. The smallest absolute Gasteiger partial charge is 0.107 e. The lowest BCUT2D eigenvalue weighted by molar-refractivity contribution is 0.467. The Bertz CT molecular complexity index is 304. The van der Waals surface area contributed by atoms with Gasteiger partial charge in [-0.25, -0.2) is 4.98 Å². The third-order valence-corrected chi connectivity index (χ3v) is 3.80. The van der Waals surface area contributed by atoms with Crippen LogP contribution in [0.25, 0.3) is 0 Å². The van der Waals surface area contributed by atoms with Gasteiger partial charge in [0.25, 0.3) is 0 Å². The summed E-state index contributed by atoms with van der Waals surface area (Å²) in [5.41, 5.74) is 7.24. The first-order valence-corrected chi connectivity index (χ1v) is 5.94. The molecule has 0 unspecified atom stereocenters. The molecule has 0 amide bonds. The molecule has 0 aromatic carbocycles. The number of aromatic nitrogens is 1. The highest BCUT2D eigenvalue weighted by Crippen LogP contribution is 2.43. The number of hydrogen-bond acceptors (Lipinski definition) is 4. The normalized spacial score (nSPS) is 18.4. The number of hydrogen-bond donors (Lipinski definition) is 2. The summed E-state index contributed by atoms with van der Waals surface area (Å²) in [4.78, 5) is 4.40. The molecule has 0 bridgehead atoms. The first-order chi connectivity index (χ1) is 6.74. The van der Waals surface area contributed by atoms with Crippen LogP contribution in [0.4, 0.5) is 0 Å². The van der Waals surface area contributed by atoms with Gasteiger partial charge >= 0.3 is 0 Å². The minimum absolute atomic E-state index is 0.423. The minimum Gasteiger partial charge on any atom is -0.330 e. The van der Waals surface area contributed by atoms with Crippen LogP contribution in [0.3, 0.4) is 0 Å². The molecule has 3 nitrogen and oxygen atoms in total. The van der Waals surface area contributed by atoms with E-state index in [4.69, 9.17) is 5.73 Å². The van der Waals surface area contributed by atoms with Crippen LogP contribution >= 0.6 is 11.3 Å². The number of nitrogens with zero attached hydrogens (tertiary/aromatic N) is 1. The number of thiazole rings is 1. The second-order valence-corrected chi connectivity index (χ2v) is 5.13. The van der Waals surface area contributed by atoms with E-state index in [-0.39, 0.29) is 0 Å². The lowest BCUT2D eigenvalue weighted by Crippen LogP contribution is -2.29. The van der Waals surface area contributed by atoms with Gasteiger partial charge in [0, 0.05) is 24.2 Å². The van der Waals surface area contributed by atoms with Crippen molar-refractivity contribution in [3.05, 3.63) is 16.1 Å². The van der Waals surface area contributed by atoms with E-state index in [9.17, 15) is 0 Å². The molecule has 1 aliphatic carbocycles. The standard InChI is InChI=1S/C10H17N3S/c1-8-5-14-9(13-8)4-12-7-10(6-11)2-3-10/h5,12H,2-4,6-7,11H2,1H3. The topological polar surface area (TPSA) is 50.9 Å². The first kappa shape index (κ1) is 10.1. The average Bonchev–Trinajstić information content (AvgIpc) is 2.84. The van der Waals surface area contributed by atoms with Crippen LogP contribution in [-0.4, -0.2) is 18.1 Å². The molecule has 1 saturated carbocycles. The molecule has 3 N–H and O–H groups in total. The minimum atomic E-state index is 0.423. The van der Waals surface area contributed by atoms with E-state index in [2.05, 4.69) is 15.7 Å². The summed E-state index contributed by atoms with van der Waals surface area (Å²) in [6.45, 7) is 4.78. The van der Waals surface area contributed by atoms with E-state index >= 15 is 0 Å². The molecule has 0 aliphatic heterocycles. The Labute approximate surface area is 88.7 Å². The van der Waals surface area contributed by atoms with E-state index in [1.807, 2.05) is 6.92 Å². The summed E-state index contributed by atoms with van der Waals surface area (Å²) in [6.07, 6.45) is 2.57. The molecule has 1 aromatic heterocycles. The van der Waals surface area contributed by atoms with E-state index in [1.54, 1.807) is 11.3 Å². The van der Waals surface area contributed by atoms with Gasteiger partial charge in [-0.3, -0.25) is 0 Å². The molecule has 1 aromatic rings. The summed E-state index contributed by atoms with van der Waals surface area (Å²) in [5, 5.41) is 6.70. The number of nitrogens with two attached hydrogens (primary N) is 1. The summed E-state index contributed by atoms with van der Waals surface area (Å²) in [6, 6.07) is 0. The Balaban J connectivity index is 1.73. The van der Waals surface area contributed by atoms with Gasteiger partial charge in [-0.05, 0) is 31.7 Å². The predicted molar refractivity (Wildman–Crippen MR) is 59.3 cm³/mol. The van der Waals surface area contributed by atoms with E-state index in [0.29, 0.717) is 5.41 Å². The van der Waals surface area contributed by atoms with Crippen LogP contribution < -0.4 is 11.1 Å². The quantitative estimate of drug-likeness (QED) is 0.771. The van der Waals surface area contributed by atoms with Crippen molar-refractivity contribution in [1.82, 2.24) is 10.3 Å². The molecule has 14 heavy (non-hydrogen) atoms. The molecule has 4 heteroatoms. The Morgan fingerprint density at radius 3 is 2.93 bits per heavy atom. The molecule has 0 spiro atoms. The molecule has 1 fully saturated rings. The van der Waals surface area contributed by atoms with E-state index < -0.39 is 0 Å². The molecular formula is C10H17N3S. The fraction of sp³-hybridized carbons (Fsp3) is 0.700. The monoisotopic (exact) mass is 211 g/mol. The van der Waals surface area contributed by atoms with Crippen LogP contribution in [0.5, 0.6) is 0 Å². The summed E-state index contributed by atoms with van der Waals surface area (Å²) in [7, 11) is 0. The van der Waals surface area contributed by atoms with Crippen molar-refractivity contribution in [2.75, 3.05) is 13.1 Å². The largest absolute Gasteiger partial charge is 0.330 e. The maximum absolute atomic E-state index is 5.70. The summed E-state index contributed by atoms with van der Waals surface area (Å²) < 4.78 is 0. The number of rotatable bonds is 5. The van der Waals surface area contributed by atoms with Crippen molar-refractivity contribution in [2.45, 2.75) is 26.3 Å². The SMILES string of the molecule is Cc1csc(CNCC2(CN)CC2)n1. The third kappa shape index (κ3) is 2.32. The lowest BCUT2D eigenvalue weighted by atomic mass is 10.1. The van der Waals surface area contributed by atoms with Crippen molar-refractivity contribution in [2.24, 2.45) is 11.1 Å². The second-order valence-electron chi connectivity index (χ2n) is 4.19. The van der Waals surface area contributed by atoms with Gasteiger partial charge in [0.05, 0.1) is 0 Å². The molecule has 0 atom stereocenters. The highest BCUT2D eigenvalue weighted by atomic mass is 32.1. The Kier molecular flexibility index (Phi) is 2.85. The molecular weight excluding hydrogens is 194 g/mol. The molecule has 1 heterocycles. The highest BCUT2D eigenvalue weighted by Gasteiger charge is 2.40. The van der Waals surface area contributed by atoms with Gasteiger partial charge in [0.1, 0.15) is 5.01 Å². The molecule has 0 radical (unpaired) electrons. The number of aryl methyl sites for hydroxylation is 1. The second kappa shape index (κ2) is 3.96. The van der Waals surface area contributed by atoms with Crippen molar-refractivity contribution in [3.8, 4) is 0 Å². The van der Waals surface area contributed by atoms with Gasteiger partial charge in [-0.15, -0.1) is 11.3 Å². The van der Waals surface area contributed by atoms with Gasteiger partial charge < -0.3 is 11.1 Å². The molecule has 1 aliphatic rings.